The Kier molecular flexibility index (Phi) is 4.52. The second kappa shape index (κ2) is 6.75. The number of aromatic nitrogens is 5. The lowest BCUT2D eigenvalue weighted by Crippen LogP contribution is -2.33. The van der Waals surface area contributed by atoms with Crippen molar-refractivity contribution in [1.29, 1.82) is 0 Å². The molecule has 9 heteroatoms. The van der Waals surface area contributed by atoms with Crippen LogP contribution >= 0.6 is 11.3 Å². The largest absolute Gasteiger partial charge is 0.342 e. The van der Waals surface area contributed by atoms with Gasteiger partial charge >= 0.3 is 0 Å². The van der Waals surface area contributed by atoms with Crippen molar-refractivity contribution < 1.29 is 4.79 Å². The number of nitrogens with one attached hydrogen (secondary N) is 2. The van der Waals surface area contributed by atoms with E-state index in [0.717, 1.165) is 4.88 Å². The summed E-state index contributed by atoms with van der Waals surface area (Å²) in [6, 6.07) is 3.34. The highest BCUT2D eigenvalue weighted by atomic mass is 32.1. The van der Waals surface area contributed by atoms with Crippen molar-refractivity contribution in [1.82, 2.24) is 30.0 Å². The smallest absolute Gasteiger partial charge is 0.264 e. The van der Waals surface area contributed by atoms with E-state index in [4.69, 9.17) is 0 Å². The third-order valence-electron chi connectivity index (χ3n) is 3.48. The average molecular weight is 344 g/mol. The predicted octanol–water partition coefficient (Wildman–Crippen LogP) is 1.60. The van der Waals surface area contributed by atoms with Gasteiger partial charge < -0.3 is 10.3 Å². The van der Waals surface area contributed by atoms with Crippen molar-refractivity contribution in [2.75, 3.05) is 0 Å². The van der Waals surface area contributed by atoms with E-state index < -0.39 is 11.5 Å². The second-order valence-corrected chi connectivity index (χ2v) is 6.03. The van der Waals surface area contributed by atoms with Gasteiger partial charge in [0.1, 0.15) is 23.5 Å². The number of hydrogen-bond acceptors (Lipinski definition) is 6. The first-order valence-corrected chi connectivity index (χ1v) is 8.30. The lowest BCUT2D eigenvalue weighted by molar-refractivity contribution is 0.0935. The standard InChI is InChI=1S/C15H16N6O2S/c1-3-21-13(17-8-18-21)9(2)19-14(22)10-7-16-12(20-15(10)23)11-5-4-6-24-11/h4-9H,3H2,1-2H3,(H,19,22)(H,16,20,23)/t9-/m1/s1. The summed E-state index contributed by atoms with van der Waals surface area (Å²) in [6.07, 6.45) is 2.73. The van der Waals surface area contributed by atoms with Gasteiger partial charge in [-0.1, -0.05) is 6.07 Å². The molecule has 3 aromatic heterocycles. The Morgan fingerprint density at radius 3 is 2.96 bits per heavy atom. The van der Waals surface area contributed by atoms with E-state index in [2.05, 4.69) is 25.4 Å². The number of carbonyl (C=O) groups is 1. The maximum absolute atomic E-state index is 12.3. The summed E-state index contributed by atoms with van der Waals surface area (Å²) in [4.78, 5) is 36.3. The normalized spacial score (nSPS) is 12.1. The van der Waals surface area contributed by atoms with Crippen LogP contribution in [0.15, 0.2) is 34.8 Å². The molecule has 8 nitrogen and oxygen atoms in total. The fraction of sp³-hybridized carbons (Fsp3) is 0.267. The van der Waals surface area contributed by atoms with E-state index in [1.165, 1.54) is 23.9 Å². The molecule has 124 valence electrons. The molecule has 3 aromatic rings. The summed E-state index contributed by atoms with van der Waals surface area (Å²) in [5.74, 6) is 0.579. The summed E-state index contributed by atoms with van der Waals surface area (Å²) >= 11 is 1.46. The van der Waals surface area contributed by atoms with Crippen LogP contribution < -0.4 is 10.9 Å². The van der Waals surface area contributed by atoms with Crippen LogP contribution in [0.4, 0.5) is 0 Å². The molecule has 0 aromatic carbocycles. The van der Waals surface area contributed by atoms with Gasteiger partial charge in [-0.25, -0.2) is 14.6 Å². The molecule has 0 fully saturated rings. The molecule has 0 saturated carbocycles. The zero-order valence-electron chi connectivity index (χ0n) is 13.2. The minimum Gasteiger partial charge on any atom is -0.342 e. The highest BCUT2D eigenvalue weighted by Gasteiger charge is 2.19. The molecule has 0 spiro atoms. The molecule has 0 bridgehead atoms. The number of aromatic amines is 1. The van der Waals surface area contributed by atoms with E-state index in [9.17, 15) is 9.59 Å². The van der Waals surface area contributed by atoms with Gasteiger partial charge in [-0.15, -0.1) is 11.3 Å². The van der Waals surface area contributed by atoms with Crippen molar-refractivity contribution >= 4 is 17.2 Å². The second-order valence-electron chi connectivity index (χ2n) is 5.08. The van der Waals surface area contributed by atoms with Crippen molar-refractivity contribution in [2.45, 2.75) is 26.4 Å². The minimum absolute atomic E-state index is 0.0373. The Balaban J connectivity index is 1.79. The molecule has 1 amide bonds. The first kappa shape index (κ1) is 16.1. The quantitative estimate of drug-likeness (QED) is 0.731. The molecule has 2 N–H and O–H groups in total. The molecule has 1 atom stereocenters. The minimum atomic E-state index is -0.500. The number of rotatable bonds is 5. The number of hydrogen-bond donors (Lipinski definition) is 2. The van der Waals surface area contributed by atoms with Gasteiger partial charge in [0.25, 0.3) is 11.5 Å². The number of aryl methyl sites for hydroxylation is 1. The first-order valence-electron chi connectivity index (χ1n) is 7.42. The molecular weight excluding hydrogens is 328 g/mol. The van der Waals surface area contributed by atoms with Crippen LogP contribution in [-0.4, -0.2) is 30.6 Å². The van der Waals surface area contributed by atoms with Crippen LogP contribution in [0.1, 0.15) is 36.1 Å². The Morgan fingerprint density at radius 2 is 2.29 bits per heavy atom. The topological polar surface area (TPSA) is 106 Å². The van der Waals surface area contributed by atoms with Crippen LogP contribution in [0, 0.1) is 0 Å². The predicted molar refractivity (Wildman–Crippen MR) is 89.7 cm³/mol. The summed E-state index contributed by atoms with van der Waals surface area (Å²) < 4.78 is 1.69. The van der Waals surface area contributed by atoms with Gasteiger partial charge in [-0.2, -0.15) is 5.10 Å². The number of nitrogens with zero attached hydrogens (tertiary/aromatic N) is 4. The number of amides is 1. The van der Waals surface area contributed by atoms with Crippen molar-refractivity contribution in [2.24, 2.45) is 0 Å². The Hall–Kier alpha value is -2.81. The highest BCUT2D eigenvalue weighted by molar-refractivity contribution is 7.13. The van der Waals surface area contributed by atoms with Crippen LogP contribution in [0.2, 0.25) is 0 Å². The molecule has 0 saturated heterocycles. The summed E-state index contributed by atoms with van der Waals surface area (Å²) in [5, 5.41) is 8.71. The lowest BCUT2D eigenvalue weighted by atomic mass is 10.2. The van der Waals surface area contributed by atoms with E-state index in [1.54, 1.807) is 11.6 Å². The summed E-state index contributed by atoms with van der Waals surface area (Å²) in [7, 11) is 0. The van der Waals surface area contributed by atoms with E-state index in [1.807, 2.05) is 24.4 Å². The molecular formula is C15H16N6O2S. The lowest BCUT2D eigenvalue weighted by Gasteiger charge is -2.13. The van der Waals surface area contributed by atoms with E-state index in [-0.39, 0.29) is 11.6 Å². The van der Waals surface area contributed by atoms with Crippen molar-refractivity contribution in [3.8, 4) is 10.7 Å². The number of thiophene rings is 1. The maximum Gasteiger partial charge on any atom is 0.264 e. The molecule has 0 aliphatic carbocycles. The third kappa shape index (κ3) is 3.11. The van der Waals surface area contributed by atoms with Crippen LogP contribution in [0.3, 0.4) is 0 Å². The third-order valence-corrected chi connectivity index (χ3v) is 4.36. The van der Waals surface area contributed by atoms with Crippen LogP contribution in [0.25, 0.3) is 10.7 Å². The zero-order valence-corrected chi connectivity index (χ0v) is 14.0. The molecule has 3 heterocycles. The van der Waals surface area contributed by atoms with E-state index >= 15 is 0 Å². The SMILES string of the molecule is CCn1ncnc1[C@@H](C)NC(=O)c1cnc(-c2cccs2)[nH]c1=O. The molecule has 3 rings (SSSR count). The van der Waals surface area contributed by atoms with Gasteiger partial charge in [0, 0.05) is 12.7 Å². The Morgan fingerprint density at radius 1 is 1.46 bits per heavy atom. The van der Waals surface area contributed by atoms with Gasteiger partial charge in [-0.3, -0.25) is 9.59 Å². The van der Waals surface area contributed by atoms with Crippen LogP contribution in [-0.2, 0) is 6.54 Å². The highest BCUT2D eigenvalue weighted by Crippen LogP contribution is 2.19. The van der Waals surface area contributed by atoms with Gasteiger partial charge in [0.2, 0.25) is 0 Å². The summed E-state index contributed by atoms with van der Waals surface area (Å²) in [6.45, 7) is 4.37. The average Bonchev–Trinajstić information content (AvgIpc) is 3.25. The number of carbonyl (C=O) groups excluding carboxylic acids is 1. The van der Waals surface area contributed by atoms with Crippen molar-refractivity contribution in [3.05, 3.63) is 51.8 Å². The van der Waals surface area contributed by atoms with Gasteiger partial charge in [-0.05, 0) is 25.3 Å². The molecule has 0 aliphatic heterocycles. The maximum atomic E-state index is 12.3. The Bertz CT molecular complexity index is 899. The van der Waals surface area contributed by atoms with Crippen molar-refractivity contribution in [3.63, 3.8) is 0 Å². The zero-order chi connectivity index (χ0) is 17.1. The van der Waals surface area contributed by atoms with Gasteiger partial charge in [0.15, 0.2) is 0 Å². The molecule has 0 aliphatic rings. The molecule has 24 heavy (non-hydrogen) atoms. The monoisotopic (exact) mass is 344 g/mol. The fourth-order valence-corrected chi connectivity index (χ4v) is 2.96. The molecule has 0 unspecified atom stereocenters. The Labute approximate surface area is 141 Å². The van der Waals surface area contributed by atoms with E-state index in [0.29, 0.717) is 18.2 Å². The van der Waals surface area contributed by atoms with Crippen LogP contribution in [0.5, 0.6) is 0 Å². The number of H-pyrrole nitrogens is 1. The summed E-state index contributed by atoms with van der Waals surface area (Å²) in [5.41, 5.74) is -0.514. The fourth-order valence-electron chi connectivity index (χ4n) is 2.29. The first-order chi connectivity index (χ1) is 11.6. The molecule has 0 radical (unpaired) electrons. The van der Waals surface area contributed by atoms with Gasteiger partial charge in [0.05, 0.1) is 10.9 Å².